The number of hydrogen-bond acceptors (Lipinski definition) is 4. The third-order valence-electron chi connectivity index (χ3n) is 3.60. The lowest BCUT2D eigenvalue weighted by molar-refractivity contribution is -0.115. The summed E-state index contributed by atoms with van der Waals surface area (Å²) in [5.41, 5.74) is 2.30. The molecule has 5 heteroatoms. The summed E-state index contributed by atoms with van der Waals surface area (Å²) >= 11 is 0. The molecule has 1 amide bonds. The summed E-state index contributed by atoms with van der Waals surface area (Å²) in [4.78, 5) is 23.3. The number of anilines is 1. The van der Waals surface area contributed by atoms with Crippen molar-refractivity contribution in [1.82, 2.24) is 5.32 Å². The fourth-order valence-electron chi connectivity index (χ4n) is 2.36. The van der Waals surface area contributed by atoms with Gasteiger partial charge < -0.3 is 15.4 Å². The number of benzene rings is 2. The Bertz CT molecular complexity index is 713. The first kappa shape index (κ1) is 17.7. The molecule has 2 rings (SSSR count). The van der Waals surface area contributed by atoms with Gasteiger partial charge in [0.15, 0.2) is 5.78 Å². The lowest BCUT2D eigenvalue weighted by Crippen LogP contribution is -2.29. The standard InChI is InChI=1S/C19H22N2O3/c1-14(22)16-7-5-8-17(12-16)21-19(23)13-20-11-10-15-6-3-4-9-18(15)24-2/h3-9,12,20H,10-11,13H2,1-2H3,(H,21,23). The minimum absolute atomic E-state index is 0.0268. The molecule has 126 valence electrons. The Kier molecular flexibility index (Phi) is 6.51. The summed E-state index contributed by atoms with van der Waals surface area (Å²) in [5, 5.41) is 5.89. The fourth-order valence-corrected chi connectivity index (χ4v) is 2.36. The van der Waals surface area contributed by atoms with Crippen LogP contribution in [0.3, 0.4) is 0 Å². The average Bonchev–Trinajstić information content (AvgIpc) is 2.59. The van der Waals surface area contributed by atoms with Crippen LogP contribution in [0.4, 0.5) is 5.69 Å². The van der Waals surface area contributed by atoms with Gasteiger partial charge in [0, 0.05) is 11.3 Å². The van der Waals surface area contributed by atoms with Crippen molar-refractivity contribution >= 4 is 17.4 Å². The number of ketones is 1. The van der Waals surface area contributed by atoms with Crippen molar-refractivity contribution in [3.05, 3.63) is 59.7 Å². The molecule has 0 aliphatic heterocycles. The van der Waals surface area contributed by atoms with Gasteiger partial charge in [-0.15, -0.1) is 0 Å². The van der Waals surface area contributed by atoms with E-state index in [-0.39, 0.29) is 18.2 Å². The summed E-state index contributed by atoms with van der Waals surface area (Å²) in [5.74, 6) is 0.682. The quantitative estimate of drug-likeness (QED) is 0.578. The van der Waals surface area contributed by atoms with Crippen LogP contribution in [-0.4, -0.2) is 31.9 Å². The van der Waals surface area contributed by atoms with Crippen molar-refractivity contribution in [3.63, 3.8) is 0 Å². The summed E-state index contributed by atoms with van der Waals surface area (Å²) in [7, 11) is 1.65. The number of carbonyl (C=O) groups excluding carboxylic acids is 2. The molecule has 0 spiro atoms. The van der Waals surface area contributed by atoms with Gasteiger partial charge in [-0.25, -0.2) is 0 Å². The number of amides is 1. The second kappa shape index (κ2) is 8.84. The molecular weight excluding hydrogens is 304 g/mol. The number of Topliss-reactive ketones (excluding diaryl/α,β-unsaturated/α-hetero) is 1. The van der Waals surface area contributed by atoms with Gasteiger partial charge in [0.2, 0.25) is 5.91 Å². The van der Waals surface area contributed by atoms with E-state index in [1.54, 1.807) is 31.4 Å². The number of para-hydroxylation sites is 1. The van der Waals surface area contributed by atoms with Crippen LogP contribution in [0, 0.1) is 0 Å². The molecule has 24 heavy (non-hydrogen) atoms. The van der Waals surface area contributed by atoms with Crippen LogP contribution in [0.1, 0.15) is 22.8 Å². The van der Waals surface area contributed by atoms with E-state index in [1.165, 1.54) is 6.92 Å². The highest BCUT2D eigenvalue weighted by Crippen LogP contribution is 2.17. The maximum atomic E-state index is 11.9. The van der Waals surface area contributed by atoms with E-state index in [9.17, 15) is 9.59 Å². The third kappa shape index (κ3) is 5.21. The van der Waals surface area contributed by atoms with Gasteiger partial charge in [0.25, 0.3) is 0 Å². The second-order valence-corrected chi connectivity index (χ2v) is 5.42. The predicted octanol–water partition coefficient (Wildman–Crippen LogP) is 2.67. The van der Waals surface area contributed by atoms with Gasteiger partial charge in [-0.05, 0) is 43.7 Å². The van der Waals surface area contributed by atoms with E-state index in [0.717, 1.165) is 17.7 Å². The van der Waals surface area contributed by atoms with Crippen LogP contribution in [0.2, 0.25) is 0 Å². The molecule has 0 aromatic heterocycles. The van der Waals surface area contributed by atoms with Crippen molar-refractivity contribution < 1.29 is 14.3 Å². The molecule has 0 saturated heterocycles. The molecule has 0 radical (unpaired) electrons. The van der Waals surface area contributed by atoms with Gasteiger partial charge in [0.05, 0.1) is 13.7 Å². The van der Waals surface area contributed by atoms with Crippen molar-refractivity contribution in [2.45, 2.75) is 13.3 Å². The number of carbonyl (C=O) groups is 2. The highest BCUT2D eigenvalue weighted by atomic mass is 16.5. The predicted molar refractivity (Wildman–Crippen MR) is 94.6 cm³/mol. The Labute approximate surface area is 142 Å². The maximum absolute atomic E-state index is 11.9. The summed E-state index contributed by atoms with van der Waals surface area (Å²) in [6.45, 7) is 2.38. The topological polar surface area (TPSA) is 67.4 Å². The minimum Gasteiger partial charge on any atom is -0.496 e. The van der Waals surface area contributed by atoms with E-state index >= 15 is 0 Å². The molecule has 0 aliphatic carbocycles. The molecule has 2 N–H and O–H groups in total. The van der Waals surface area contributed by atoms with Crippen LogP contribution in [0.5, 0.6) is 5.75 Å². The molecule has 0 aliphatic rings. The van der Waals surface area contributed by atoms with E-state index in [4.69, 9.17) is 4.74 Å². The number of ether oxygens (including phenoxy) is 1. The maximum Gasteiger partial charge on any atom is 0.238 e. The van der Waals surface area contributed by atoms with Gasteiger partial charge in [0.1, 0.15) is 5.75 Å². The second-order valence-electron chi connectivity index (χ2n) is 5.42. The van der Waals surface area contributed by atoms with E-state index in [1.807, 2.05) is 24.3 Å². The van der Waals surface area contributed by atoms with Crippen molar-refractivity contribution in [2.24, 2.45) is 0 Å². The van der Waals surface area contributed by atoms with E-state index in [2.05, 4.69) is 10.6 Å². The van der Waals surface area contributed by atoms with Gasteiger partial charge in [-0.1, -0.05) is 30.3 Å². The van der Waals surface area contributed by atoms with Crippen LogP contribution >= 0.6 is 0 Å². The van der Waals surface area contributed by atoms with E-state index in [0.29, 0.717) is 17.8 Å². The number of hydrogen-bond donors (Lipinski definition) is 2. The third-order valence-corrected chi connectivity index (χ3v) is 3.60. The zero-order chi connectivity index (χ0) is 17.4. The molecule has 5 nitrogen and oxygen atoms in total. The van der Waals surface area contributed by atoms with Crippen LogP contribution in [-0.2, 0) is 11.2 Å². The fraction of sp³-hybridized carbons (Fsp3) is 0.263. The number of rotatable bonds is 8. The first-order valence-electron chi connectivity index (χ1n) is 7.83. The molecule has 0 bridgehead atoms. The lowest BCUT2D eigenvalue weighted by atomic mass is 10.1. The normalized spacial score (nSPS) is 10.2. The number of methoxy groups -OCH3 is 1. The largest absolute Gasteiger partial charge is 0.496 e. The molecule has 2 aromatic carbocycles. The van der Waals surface area contributed by atoms with Crippen LogP contribution < -0.4 is 15.4 Å². The first-order chi connectivity index (χ1) is 11.6. The van der Waals surface area contributed by atoms with Crippen LogP contribution in [0.15, 0.2) is 48.5 Å². The Morgan fingerprint density at radius 3 is 2.62 bits per heavy atom. The molecular formula is C19H22N2O3. The Morgan fingerprint density at radius 2 is 1.88 bits per heavy atom. The molecule has 0 unspecified atom stereocenters. The summed E-state index contributed by atoms with van der Waals surface area (Å²) in [6.07, 6.45) is 0.775. The van der Waals surface area contributed by atoms with Gasteiger partial charge >= 0.3 is 0 Å². The Hall–Kier alpha value is -2.66. The zero-order valence-corrected chi connectivity index (χ0v) is 14.0. The molecule has 2 aromatic rings. The van der Waals surface area contributed by atoms with Gasteiger partial charge in [-0.2, -0.15) is 0 Å². The highest BCUT2D eigenvalue weighted by molar-refractivity contribution is 5.97. The number of nitrogens with one attached hydrogen (secondary N) is 2. The summed E-state index contributed by atoms with van der Waals surface area (Å²) in [6, 6.07) is 14.7. The smallest absolute Gasteiger partial charge is 0.238 e. The molecule has 0 atom stereocenters. The zero-order valence-electron chi connectivity index (χ0n) is 14.0. The lowest BCUT2D eigenvalue weighted by Gasteiger charge is -2.09. The van der Waals surface area contributed by atoms with Crippen LogP contribution in [0.25, 0.3) is 0 Å². The van der Waals surface area contributed by atoms with Crippen molar-refractivity contribution in [1.29, 1.82) is 0 Å². The minimum atomic E-state index is -0.143. The Balaban J connectivity index is 1.77. The summed E-state index contributed by atoms with van der Waals surface area (Å²) < 4.78 is 5.30. The molecule has 0 fully saturated rings. The van der Waals surface area contributed by atoms with E-state index < -0.39 is 0 Å². The first-order valence-corrected chi connectivity index (χ1v) is 7.83. The molecule has 0 heterocycles. The van der Waals surface area contributed by atoms with Crippen molar-refractivity contribution in [3.8, 4) is 5.75 Å². The Morgan fingerprint density at radius 1 is 1.08 bits per heavy atom. The highest BCUT2D eigenvalue weighted by Gasteiger charge is 2.05. The van der Waals surface area contributed by atoms with Gasteiger partial charge in [-0.3, -0.25) is 9.59 Å². The molecule has 0 saturated carbocycles. The SMILES string of the molecule is COc1ccccc1CCNCC(=O)Nc1cccc(C(C)=O)c1. The van der Waals surface area contributed by atoms with Crippen molar-refractivity contribution in [2.75, 3.05) is 25.5 Å². The monoisotopic (exact) mass is 326 g/mol. The average molecular weight is 326 g/mol.